The SMILES string of the molecule is C[C@@H]1Oc2ccc(NC(=O)Cc3ccc(F)cc3)cc2CN(Cc2cc(F)cc(F)c2)C1=O. The zero-order chi connectivity index (χ0) is 23.5. The number of hydrogen-bond acceptors (Lipinski definition) is 3. The molecule has 170 valence electrons. The quantitative estimate of drug-likeness (QED) is 0.613. The molecule has 0 radical (unpaired) electrons. The van der Waals surface area contributed by atoms with Gasteiger partial charge in [0, 0.05) is 30.4 Å². The number of hydrogen-bond donors (Lipinski definition) is 1. The number of fused-ring (bicyclic) bond motifs is 1. The van der Waals surface area contributed by atoms with Crippen molar-refractivity contribution in [3.8, 4) is 5.75 Å². The number of ether oxygens (including phenoxy) is 1. The van der Waals surface area contributed by atoms with Gasteiger partial charge in [-0.3, -0.25) is 9.59 Å². The molecule has 4 rings (SSSR count). The van der Waals surface area contributed by atoms with E-state index in [0.717, 1.165) is 6.07 Å². The normalized spacial score (nSPS) is 15.5. The zero-order valence-electron chi connectivity index (χ0n) is 17.8. The van der Waals surface area contributed by atoms with E-state index in [4.69, 9.17) is 4.74 Å². The Labute approximate surface area is 188 Å². The minimum absolute atomic E-state index is 0.00179. The summed E-state index contributed by atoms with van der Waals surface area (Å²) in [4.78, 5) is 26.7. The molecular formula is C25H21F3N2O3. The molecule has 1 aliphatic rings. The minimum atomic E-state index is -0.788. The lowest BCUT2D eigenvalue weighted by Gasteiger charge is -2.22. The molecule has 3 aromatic rings. The maximum atomic E-state index is 13.6. The summed E-state index contributed by atoms with van der Waals surface area (Å²) in [6, 6.07) is 13.8. The van der Waals surface area contributed by atoms with Gasteiger partial charge in [-0.2, -0.15) is 0 Å². The van der Waals surface area contributed by atoms with Gasteiger partial charge in [-0.15, -0.1) is 0 Å². The number of rotatable bonds is 5. The first kappa shape index (κ1) is 22.4. The van der Waals surface area contributed by atoms with Crippen LogP contribution >= 0.6 is 0 Å². The maximum absolute atomic E-state index is 13.6. The minimum Gasteiger partial charge on any atom is -0.481 e. The molecule has 1 N–H and O–H groups in total. The highest BCUT2D eigenvalue weighted by molar-refractivity contribution is 5.92. The molecule has 0 aromatic heterocycles. The van der Waals surface area contributed by atoms with Crippen LogP contribution in [-0.2, 0) is 29.1 Å². The van der Waals surface area contributed by atoms with Gasteiger partial charge in [0.25, 0.3) is 5.91 Å². The second-order valence-corrected chi connectivity index (χ2v) is 7.91. The molecule has 2 amide bonds. The lowest BCUT2D eigenvalue weighted by atomic mass is 10.1. The van der Waals surface area contributed by atoms with Gasteiger partial charge in [0.15, 0.2) is 6.10 Å². The molecule has 8 heteroatoms. The highest BCUT2D eigenvalue weighted by Crippen LogP contribution is 2.29. The molecule has 0 bridgehead atoms. The largest absolute Gasteiger partial charge is 0.481 e. The predicted octanol–water partition coefficient (Wildman–Crippen LogP) is 4.59. The summed E-state index contributed by atoms with van der Waals surface area (Å²) in [6.45, 7) is 1.75. The van der Waals surface area contributed by atoms with Crippen LogP contribution in [-0.4, -0.2) is 22.8 Å². The van der Waals surface area contributed by atoms with Gasteiger partial charge in [0.1, 0.15) is 23.2 Å². The van der Waals surface area contributed by atoms with Crippen molar-refractivity contribution >= 4 is 17.5 Å². The Kier molecular flexibility index (Phi) is 6.35. The highest BCUT2D eigenvalue weighted by Gasteiger charge is 2.28. The number of carbonyl (C=O) groups excluding carboxylic acids is 2. The molecule has 0 aliphatic carbocycles. The van der Waals surface area contributed by atoms with Gasteiger partial charge in [0.2, 0.25) is 5.91 Å². The number of carbonyl (C=O) groups is 2. The van der Waals surface area contributed by atoms with Crippen LogP contribution in [0, 0.1) is 17.5 Å². The van der Waals surface area contributed by atoms with Gasteiger partial charge >= 0.3 is 0 Å². The smallest absolute Gasteiger partial charge is 0.263 e. The summed E-state index contributed by atoms with van der Waals surface area (Å²) < 4.78 is 46.0. The molecule has 1 heterocycles. The summed E-state index contributed by atoms with van der Waals surface area (Å²) in [5, 5.41) is 2.79. The average Bonchev–Trinajstić information content (AvgIpc) is 2.85. The van der Waals surface area contributed by atoms with Crippen LogP contribution in [0.2, 0.25) is 0 Å². The summed E-state index contributed by atoms with van der Waals surface area (Å²) in [5.74, 6) is -1.93. The van der Waals surface area contributed by atoms with Crippen molar-refractivity contribution in [2.75, 3.05) is 5.32 Å². The fraction of sp³-hybridized carbons (Fsp3) is 0.200. The van der Waals surface area contributed by atoms with Crippen LogP contribution in [0.4, 0.5) is 18.9 Å². The van der Waals surface area contributed by atoms with Crippen molar-refractivity contribution in [1.29, 1.82) is 0 Å². The molecule has 5 nitrogen and oxygen atoms in total. The van der Waals surface area contributed by atoms with Crippen molar-refractivity contribution in [3.05, 3.63) is 94.8 Å². The summed E-state index contributed by atoms with van der Waals surface area (Å²) >= 11 is 0. The van der Waals surface area contributed by atoms with E-state index in [9.17, 15) is 22.8 Å². The Morgan fingerprint density at radius 2 is 1.67 bits per heavy atom. The zero-order valence-corrected chi connectivity index (χ0v) is 17.8. The van der Waals surface area contributed by atoms with Crippen LogP contribution in [0.15, 0.2) is 60.7 Å². The van der Waals surface area contributed by atoms with Crippen molar-refractivity contribution in [1.82, 2.24) is 4.90 Å². The highest BCUT2D eigenvalue weighted by atomic mass is 19.1. The average molecular weight is 454 g/mol. The predicted molar refractivity (Wildman–Crippen MR) is 116 cm³/mol. The molecule has 33 heavy (non-hydrogen) atoms. The number of benzene rings is 3. The van der Waals surface area contributed by atoms with Crippen LogP contribution < -0.4 is 10.1 Å². The fourth-order valence-electron chi connectivity index (χ4n) is 3.73. The molecule has 0 saturated heterocycles. The van der Waals surface area contributed by atoms with Crippen LogP contribution in [0.25, 0.3) is 0 Å². The molecule has 1 aliphatic heterocycles. The van der Waals surface area contributed by atoms with Gasteiger partial charge in [-0.25, -0.2) is 13.2 Å². The van der Waals surface area contributed by atoms with Gasteiger partial charge < -0.3 is 15.0 Å². The third-order valence-electron chi connectivity index (χ3n) is 5.24. The lowest BCUT2D eigenvalue weighted by molar-refractivity contribution is -0.138. The first-order valence-corrected chi connectivity index (χ1v) is 10.3. The van der Waals surface area contributed by atoms with E-state index in [-0.39, 0.29) is 37.1 Å². The van der Waals surface area contributed by atoms with Crippen LogP contribution in [0.1, 0.15) is 23.6 Å². The number of anilines is 1. The first-order valence-electron chi connectivity index (χ1n) is 10.3. The van der Waals surface area contributed by atoms with Crippen molar-refractivity contribution < 1.29 is 27.5 Å². The van der Waals surface area contributed by atoms with E-state index < -0.39 is 17.7 Å². The monoisotopic (exact) mass is 454 g/mol. The lowest BCUT2D eigenvalue weighted by Crippen LogP contribution is -2.37. The van der Waals surface area contributed by atoms with E-state index in [1.54, 1.807) is 37.3 Å². The van der Waals surface area contributed by atoms with E-state index in [2.05, 4.69) is 5.32 Å². The topological polar surface area (TPSA) is 58.6 Å². The van der Waals surface area contributed by atoms with Gasteiger partial charge in [-0.05, 0) is 60.5 Å². The van der Waals surface area contributed by atoms with E-state index in [1.807, 2.05) is 0 Å². The second kappa shape index (κ2) is 9.36. The first-order chi connectivity index (χ1) is 15.8. The molecule has 3 aromatic carbocycles. The fourth-order valence-corrected chi connectivity index (χ4v) is 3.73. The number of amides is 2. The van der Waals surface area contributed by atoms with Crippen LogP contribution in [0.3, 0.4) is 0 Å². The standard InChI is InChI=1S/C25H21F3N2O3/c1-15-25(32)30(13-17-8-20(27)12-21(28)9-17)14-18-11-22(6-7-23(18)33-15)29-24(31)10-16-2-4-19(26)5-3-16/h2-9,11-12,15H,10,13-14H2,1H3,(H,29,31)/t15-/m0/s1. The van der Waals surface area contributed by atoms with Crippen molar-refractivity contribution in [3.63, 3.8) is 0 Å². The third-order valence-corrected chi connectivity index (χ3v) is 5.24. The Morgan fingerprint density at radius 1 is 0.970 bits per heavy atom. The van der Waals surface area contributed by atoms with E-state index >= 15 is 0 Å². The Hall–Kier alpha value is -3.81. The van der Waals surface area contributed by atoms with Crippen LogP contribution in [0.5, 0.6) is 5.75 Å². The molecule has 0 unspecified atom stereocenters. The molecule has 0 saturated carbocycles. The molecule has 0 fully saturated rings. The van der Waals surface area contributed by atoms with Gasteiger partial charge in [0.05, 0.1) is 6.42 Å². The Morgan fingerprint density at radius 3 is 2.36 bits per heavy atom. The van der Waals surface area contributed by atoms with Gasteiger partial charge in [-0.1, -0.05) is 12.1 Å². The molecular weight excluding hydrogens is 433 g/mol. The number of halogens is 3. The number of nitrogens with zero attached hydrogens (tertiary/aromatic N) is 1. The summed E-state index contributed by atoms with van der Waals surface area (Å²) in [6.07, 6.45) is -0.718. The van der Waals surface area contributed by atoms with Crippen molar-refractivity contribution in [2.24, 2.45) is 0 Å². The van der Waals surface area contributed by atoms with Crippen molar-refractivity contribution in [2.45, 2.75) is 32.5 Å². The van der Waals surface area contributed by atoms with E-state index in [0.29, 0.717) is 28.1 Å². The summed E-state index contributed by atoms with van der Waals surface area (Å²) in [7, 11) is 0. The number of nitrogens with one attached hydrogen (secondary N) is 1. The third kappa shape index (κ3) is 5.52. The molecule has 1 atom stereocenters. The summed E-state index contributed by atoms with van der Waals surface area (Å²) in [5.41, 5.74) is 2.13. The molecule has 0 spiro atoms. The van der Waals surface area contributed by atoms with E-state index in [1.165, 1.54) is 29.2 Å². The maximum Gasteiger partial charge on any atom is 0.263 e. The second-order valence-electron chi connectivity index (χ2n) is 7.91. The Balaban J connectivity index is 1.52. The Bertz CT molecular complexity index is 1180.